The summed E-state index contributed by atoms with van der Waals surface area (Å²) in [5.74, 6) is -3.43. The topological polar surface area (TPSA) is 129 Å². The van der Waals surface area contributed by atoms with Crippen LogP contribution < -0.4 is 5.32 Å². The van der Waals surface area contributed by atoms with Crippen molar-refractivity contribution in [2.75, 3.05) is 0 Å². The number of nitrogens with one attached hydrogen (secondary N) is 1. The Morgan fingerprint density at radius 3 is 2.00 bits per heavy atom. The summed E-state index contributed by atoms with van der Waals surface area (Å²) in [4.78, 5) is 40.4. The summed E-state index contributed by atoms with van der Waals surface area (Å²) in [5, 5.41) is 19.8. The lowest BCUT2D eigenvalue weighted by atomic mass is 10.0. The molecule has 0 aliphatic heterocycles. The highest BCUT2D eigenvalue weighted by molar-refractivity contribution is 5.95. The van der Waals surface area contributed by atoms with Gasteiger partial charge in [0, 0.05) is 0 Å². The molecule has 1 rings (SSSR count). The molecule has 0 radical (unpaired) electrons. The van der Waals surface area contributed by atoms with E-state index in [0.717, 1.165) is 12.4 Å². The highest BCUT2D eigenvalue weighted by Crippen LogP contribution is 2.03. The van der Waals surface area contributed by atoms with Crippen LogP contribution in [0.15, 0.2) is 12.4 Å². The van der Waals surface area contributed by atoms with Gasteiger partial charge in [-0.25, -0.2) is 19.6 Å². The molecule has 8 nitrogen and oxygen atoms in total. The number of hydrogen-bond acceptors (Lipinski definition) is 5. The van der Waals surface area contributed by atoms with Crippen molar-refractivity contribution in [1.29, 1.82) is 0 Å². The van der Waals surface area contributed by atoms with Crippen LogP contribution in [0, 0.1) is 5.92 Å². The third-order valence-electron chi connectivity index (χ3n) is 2.32. The van der Waals surface area contributed by atoms with Gasteiger partial charge in [-0.05, 0) is 5.92 Å². The molecule has 0 aliphatic carbocycles. The van der Waals surface area contributed by atoms with Crippen molar-refractivity contribution < 1.29 is 24.6 Å². The second-order valence-electron chi connectivity index (χ2n) is 4.13. The van der Waals surface area contributed by atoms with E-state index in [1.54, 1.807) is 13.8 Å². The molecule has 8 heteroatoms. The summed E-state index contributed by atoms with van der Waals surface area (Å²) < 4.78 is 0. The lowest BCUT2D eigenvalue weighted by Gasteiger charge is -2.17. The fraction of sp³-hybridized carbons (Fsp3) is 0.364. The van der Waals surface area contributed by atoms with E-state index in [1.807, 2.05) is 0 Å². The molecule has 1 aromatic rings. The molecule has 102 valence electrons. The van der Waals surface area contributed by atoms with E-state index in [2.05, 4.69) is 15.3 Å². The van der Waals surface area contributed by atoms with Crippen LogP contribution in [-0.4, -0.2) is 44.1 Å². The number of rotatable bonds is 5. The maximum atomic E-state index is 11.7. The summed E-state index contributed by atoms with van der Waals surface area (Å²) >= 11 is 0. The zero-order chi connectivity index (χ0) is 14.6. The predicted octanol–water partition coefficient (Wildman–Crippen LogP) is 0.0138. The fourth-order valence-electron chi connectivity index (χ4n) is 1.28. The summed E-state index contributed by atoms with van der Waals surface area (Å²) in [6.45, 7) is 3.30. The molecule has 0 aliphatic rings. The van der Waals surface area contributed by atoms with Crippen molar-refractivity contribution in [1.82, 2.24) is 15.3 Å². The number of amides is 1. The van der Waals surface area contributed by atoms with Crippen LogP contribution in [0.25, 0.3) is 0 Å². The molecule has 0 spiro atoms. The van der Waals surface area contributed by atoms with E-state index in [9.17, 15) is 14.4 Å². The Kier molecular flexibility index (Phi) is 4.51. The Bertz CT molecular complexity index is 498. The van der Waals surface area contributed by atoms with E-state index in [4.69, 9.17) is 10.2 Å². The third kappa shape index (κ3) is 3.73. The Balaban J connectivity index is 2.83. The molecular formula is C11H13N3O5. The number of carboxylic acids is 2. The maximum absolute atomic E-state index is 11.7. The minimum atomic E-state index is -1.26. The summed E-state index contributed by atoms with van der Waals surface area (Å²) in [6, 6.07) is -1.05. The monoisotopic (exact) mass is 267 g/mol. The second-order valence-corrected chi connectivity index (χ2v) is 4.13. The quantitative estimate of drug-likeness (QED) is 0.685. The number of aromatic carboxylic acids is 1. The van der Waals surface area contributed by atoms with Crippen molar-refractivity contribution in [3.63, 3.8) is 0 Å². The van der Waals surface area contributed by atoms with Crippen molar-refractivity contribution in [2.24, 2.45) is 5.92 Å². The van der Waals surface area contributed by atoms with Gasteiger partial charge in [-0.15, -0.1) is 0 Å². The van der Waals surface area contributed by atoms with Crippen LogP contribution in [0.3, 0.4) is 0 Å². The summed E-state index contributed by atoms with van der Waals surface area (Å²) in [5.41, 5.74) is -0.438. The first-order chi connectivity index (χ1) is 8.82. The standard InChI is InChI=1S/C11H13N3O5/c1-5(2)8(11(18)19)14-9(15)6-3-13-7(4-12-6)10(16)17/h3-5,8H,1-2H3,(H,14,15)(H,16,17)(H,18,19)/t8-/m0/s1. The van der Waals surface area contributed by atoms with Crippen LogP contribution in [-0.2, 0) is 4.79 Å². The van der Waals surface area contributed by atoms with Crippen molar-refractivity contribution in [3.05, 3.63) is 23.8 Å². The first kappa shape index (κ1) is 14.6. The number of nitrogens with zero attached hydrogens (tertiary/aromatic N) is 2. The maximum Gasteiger partial charge on any atom is 0.356 e. The molecule has 19 heavy (non-hydrogen) atoms. The summed E-state index contributed by atoms with van der Waals surface area (Å²) in [6.07, 6.45) is 1.92. The Morgan fingerprint density at radius 2 is 1.63 bits per heavy atom. The number of carbonyl (C=O) groups is 3. The molecule has 0 saturated heterocycles. The highest BCUT2D eigenvalue weighted by Gasteiger charge is 2.24. The molecule has 0 fully saturated rings. The van der Waals surface area contributed by atoms with Crippen LogP contribution in [0.2, 0.25) is 0 Å². The van der Waals surface area contributed by atoms with E-state index in [-0.39, 0.29) is 17.3 Å². The molecule has 1 atom stereocenters. The van der Waals surface area contributed by atoms with Crippen LogP contribution in [0.1, 0.15) is 34.8 Å². The van der Waals surface area contributed by atoms with Gasteiger partial charge in [-0.1, -0.05) is 13.8 Å². The molecule has 1 heterocycles. The van der Waals surface area contributed by atoms with E-state index < -0.39 is 23.9 Å². The largest absolute Gasteiger partial charge is 0.480 e. The molecule has 3 N–H and O–H groups in total. The lowest BCUT2D eigenvalue weighted by Crippen LogP contribution is -2.44. The molecule has 0 saturated carbocycles. The third-order valence-corrected chi connectivity index (χ3v) is 2.32. The van der Waals surface area contributed by atoms with Crippen molar-refractivity contribution in [3.8, 4) is 0 Å². The number of carboxylic acid groups (broad SMARTS) is 2. The Labute approximate surface area is 108 Å². The minimum Gasteiger partial charge on any atom is -0.480 e. The van der Waals surface area contributed by atoms with Gasteiger partial charge >= 0.3 is 11.9 Å². The zero-order valence-electron chi connectivity index (χ0n) is 10.3. The molecule has 0 bridgehead atoms. The van der Waals surface area contributed by atoms with Gasteiger partial charge in [-0.2, -0.15) is 0 Å². The highest BCUT2D eigenvalue weighted by atomic mass is 16.4. The first-order valence-electron chi connectivity index (χ1n) is 5.42. The van der Waals surface area contributed by atoms with Gasteiger partial charge in [0.05, 0.1) is 12.4 Å². The van der Waals surface area contributed by atoms with Crippen LogP contribution in [0.5, 0.6) is 0 Å². The average Bonchev–Trinajstić information content (AvgIpc) is 2.34. The van der Waals surface area contributed by atoms with Gasteiger partial charge in [-0.3, -0.25) is 4.79 Å². The van der Waals surface area contributed by atoms with Gasteiger partial charge in [0.25, 0.3) is 5.91 Å². The predicted molar refractivity (Wildman–Crippen MR) is 62.7 cm³/mol. The number of carbonyl (C=O) groups excluding carboxylic acids is 1. The van der Waals surface area contributed by atoms with E-state index in [0.29, 0.717) is 0 Å². The van der Waals surface area contributed by atoms with Crippen molar-refractivity contribution in [2.45, 2.75) is 19.9 Å². The van der Waals surface area contributed by atoms with Gasteiger partial charge in [0.2, 0.25) is 0 Å². The minimum absolute atomic E-state index is 0.142. The number of aromatic nitrogens is 2. The van der Waals surface area contributed by atoms with Gasteiger partial charge in [0.1, 0.15) is 11.7 Å². The molecule has 0 unspecified atom stereocenters. The van der Waals surface area contributed by atoms with Crippen LogP contribution >= 0.6 is 0 Å². The Hall–Kier alpha value is -2.51. The summed E-state index contributed by atoms with van der Waals surface area (Å²) in [7, 11) is 0. The zero-order valence-corrected chi connectivity index (χ0v) is 10.3. The first-order valence-corrected chi connectivity index (χ1v) is 5.42. The molecule has 1 amide bonds. The van der Waals surface area contributed by atoms with E-state index in [1.165, 1.54) is 0 Å². The normalized spacial score (nSPS) is 11.9. The Morgan fingerprint density at radius 1 is 1.11 bits per heavy atom. The molecule has 0 aromatic carbocycles. The molecular weight excluding hydrogens is 254 g/mol. The van der Waals surface area contributed by atoms with Gasteiger partial charge in [0.15, 0.2) is 5.69 Å². The van der Waals surface area contributed by atoms with Gasteiger partial charge < -0.3 is 15.5 Å². The second kappa shape index (κ2) is 5.89. The SMILES string of the molecule is CC(C)[C@H](NC(=O)c1cnc(C(=O)O)cn1)C(=O)O. The molecule has 1 aromatic heterocycles. The number of aliphatic carboxylic acids is 1. The van der Waals surface area contributed by atoms with Crippen LogP contribution in [0.4, 0.5) is 0 Å². The smallest absolute Gasteiger partial charge is 0.356 e. The van der Waals surface area contributed by atoms with E-state index >= 15 is 0 Å². The lowest BCUT2D eigenvalue weighted by molar-refractivity contribution is -0.140. The average molecular weight is 267 g/mol. The fourth-order valence-corrected chi connectivity index (χ4v) is 1.28. The number of hydrogen-bond donors (Lipinski definition) is 3. The van der Waals surface area contributed by atoms with Crippen molar-refractivity contribution >= 4 is 17.8 Å².